The highest BCUT2D eigenvalue weighted by Gasteiger charge is 2.08. The van der Waals surface area contributed by atoms with Crippen LogP contribution in [0.5, 0.6) is 0 Å². The minimum atomic E-state index is 0.523. The highest BCUT2D eigenvalue weighted by molar-refractivity contribution is 7.09. The number of hydrogen-bond donors (Lipinski definition) is 1. The van der Waals surface area contributed by atoms with Crippen molar-refractivity contribution in [3.63, 3.8) is 0 Å². The van der Waals surface area contributed by atoms with Gasteiger partial charge in [0.25, 0.3) is 0 Å². The van der Waals surface area contributed by atoms with Crippen LogP contribution >= 0.6 is 11.3 Å². The Bertz CT molecular complexity index is 546. The highest BCUT2D eigenvalue weighted by atomic mass is 32.1. The third kappa shape index (κ3) is 4.58. The smallest absolute Gasteiger partial charge is 0.0522 e. The molecule has 1 aromatic carbocycles. The SMILES string of the molecule is CCN(Cc1cccs1)c1ccc(CNC(C)C)c(C)c1. The van der Waals surface area contributed by atoms with E-state index in [9.17, 15) is 0 Å². The zero-order valence-electron chi connectivity index (χ0n) is 13.5. The van der Waals surface area contributed by atoms with E-state index < -0.39 is 0 Å². The summed E-state index contributed by atoms with van der Waals surface area (Å²) in [6.45, 7) is 11.8. The zero-order valence-corrected chi connectivity index (χ0v) is 14.3. The molecule has 0 fully saturated rings. The standard InChI is InChI=1S/C18H26N2S/c1-5-20(13-18-7-6-10-21-18)17-9-8-16(15(4)11-17)12-19-14(2)3/h6-11,14,19H,5,12-13H2,1-4H3. The van der Waals surface area contributed by atoms with Crippen molar-refractivity contribution in [3.05, 3.63) is 51.7 Å². The van der Waals surface area contributed by atoms with Gasteiger partial charge in [-0.25, -0.2) is 0 Å². The van der Waals surface area contributed by atoms with E-state index in [2.05, 4.69) is 73.6 Å². The van der Waals surface area contributed by atoms with Gasteiger partial charge < -0.3 is 10.2 Å². The average Bonchev–Trinajstić information content (AvgIpc) is 2.96. The van der Waals surface area contributed by atoms with Crippen LogP contribution in [0.15, 0.2) is 35.7 Å². The third-order valence-corrected chi connectivity index (χ3v) is 4.56. The Labute approximate surface area is 132 Å². The van der Waals surface area contributed by atoms with Crippen molar-refractivity contribution in [2.24, 2.45) is 0 Å². The van der Waals surface area contributed by atoms with E-state index in [1.165, 1.54) is 21.7 Å². The van der Waals surface area contributed by atoms with E-state index in [4.69, 9.17) is 0 Å². The van der Waals surface area contributed by atoms with E-state index in [0.717, 1.165) is 19.6 Å². The van der Waals surface area contributed by atoms with Gasteiger partial charge in [0, 0.05) is 29.7 Å². The van der Waals surface area contributed by atoms with Gasteiger partial charge in [0.15, 0.2) is 0 Å². The summed E-state index contributed by atoms with van der Waals surface area (Å²) in [6, 6.07) is 11.7. The summed E-state index contributed by atoms with van der Waals surface area (Å²) in [5.74, 6) is 0. The van der Waals surface area contributed by atoms with Gasteiger partial charge in [-0.15, -0.1) is 11.3 Å². The molecule has 0 aliphatic heterocycles. The molecule has 3 heteroatoms. The minimum absolute atomic E-state index is 0.523. The monoisotopic (exact) mass is 302 g/mol. The van der Waals surface area contributed by atoms with Gasteiger partial charge in [-0.3, -0.25) is 0 Å². The maximum atomic E-state index is 3.49. The van der Waals surface area contributed by atoms with Crippen molar-refractivity contribution in [1.29, 1.82) is 0 Å². The predicted octanol–water partition coefficient (Wildman–Crippen LogP) is 4.58. The van der Waals surface area contributed by atoms with Gasteiger partial charge in [0.05, 0.1) is 6.54 Å². The lowest BCUT2D eigenvalue weighted by molar-refractivity contribution is 0.587. The molecule has 0 amide bonds. The molecular formula is C18H26N2S. The van der Waals surface area contributed by atoms with Crippen LogP contribution in [-0.2, 0) is 13.1 Å². The lowest BCUT2D eigenvalue weighted by Crippen LogP contribution is -2.23. The van der Waals surface area contributed by atoms with Gasteiger partial charge in [-0.2, -0.15) is 0 Å². The maximum absolute atomic E-state index is 3.49. The molecule has 0 saturated heterocycles. The fourth-order valence-corrected chi connectivity index (χ4v) is 3.08. The molecule has 2 rings (SSSR count). The summed E-state index contributed by atoms with van der Waals surface area (Å²) in [4.78, 5) is 3.85. The molecule has 114 valence electrons. The summed E-state index contributed by atoms with van der Waals surface area (Å²) in [6.07, 6.45) is 0. The largest absolute Gasteiger partial charge is 0.367 e. The van der Waals surface area contributed by atoms with Crippen molar-refractivity contribution >= 4 is 17.0 Å². The second-order valence-corrected chi connectivity index (χ2v) is 6.77. The van der Waals surface area contributed by atoms with Gasteiger partial charge >= 0.3 is 0 Å². The molecule has 0 saturated carbocycles. The molecule has 0 aliphatic carbocycles. The van der Waals surface area contributed by atoms with Gasteiger partial charge in [0.2, 0.25) is 0 Å². The van der Waals surface area contributed by atoms with Crippen LogP contribution in [0.25, 0.3) is 0 Å². The number of nitrogens with zero attached hydrogens (tertiary/aromatic N) is 1. The zero-order chi connectivity index (χ0) is 15.2. The average molecular weight is 302 g/mol. The minimum Gasteiger partial charge on any atom is -0.367 e. The molecule has 0 radical (unpaired) electrons. The Kier molecular flexibility index (Phi) is 5.83. The molecule has 2 nitrogen and oxygen atoms in total. The summed E-state index contributed by atoms with van der Waals surface area (Å²) >= 11 is 1.83. The van der Waals surface area contributed by atoms with Crippen molar-refractivity contribution < 1.29 is 0 Å². The highest BCUT2D eigenvalue weighted by Crippen LogP contribution is 2.22. The van der Waals surface area contributed by atoms with Crippen LogP contribution in [0.4, 0.5) is 5.69 Å². The quantitative estimate of drug-likeness (QED) is 0.805. The topological polar surface area (TPSA) is 15.3 Å². The molecule has 2 aromatic rings. The van der Waals surface area contributed by atoms with Gasteiger partial charge in [0.1, 0.15) is 0 Å². The summed E-state index contributed by atoms with van der Waals surface area (Å²) in [5, 5.41) is 5.64. The molecule has 1 heterocycles. The number of benzene rings is 1. The number of anilines is 1. The van der Waals surface area contributed by atoms with Crippen LogP contribution in [0, 0.1) is 6.92 Å². The number of aryl methyl sites for hydroxylation is 1. The molecule has 0 spiro atoms. The maximum Gasteiger partial charge on any atom is 0.0522 e. The second-order valence-electron chi connectivity index (χ2n) is 5.74. The summed E-state index contributed by atoms with van der Waals surface area (Å²) in [7, 11) is 0. The number of nitrogens with one attached hydrogen (secondary N) is 1. The third-order valence-electron chi connectivity index (χ3n) is 3.70. The van der Waals surface area contributed by atoms with E-state index >= 15 is 0 Å². The molecule has 1 aromatic heterocycles. The molecule has 21 heavy (non-hydrogen) atoms. The molecule has 1 N–H and O–H groups in total. The summed E-state index contributed by atoms with van der Waals surface area (Å²) < 4.78 is 0. The Hall–Kier alpha value is -1.32. The first kappa shape index (κ1) is 16.1. The molecule has 0 bridgehead atoms. The van der Waals surface area contributed by atoms with Crippen molar-refractivity contribution in [2.75, 3.05) is 11.4 Å². The van der Waals surface area contributed by atoms with E-state index in [1.54, 1.807) is 0 Å². The fourth-order valence-electron chi connectivity index (χ4n) is 2.37. The molecule has 0 atom stereocenters. The van der Waals surface area contributed by atoms with E-state index in [-0.39, 0.29) is 0 Å². The van der Waals surface area contributed by atoms with Gasteiger partial charge in [-0.1, -0.05) is 26.0 Å². The fraction of sp³-hybridized carbons (Fsp3) is 0.444. The lowest BCUT2D eigenvalue weighted by atomic mass is 10.1. The van der Waals surface area contributed by atoms with Gasteiger partial charge in [-0.05, 0) is 48.6 Å². The summed E-state index contributed by atoms with van der Waals surface area (Å²) in [5.41, 5.74) is 4.07. The molecule has 0 aliphatic rings. The Morgan fingerprint density at radius 1 is 1.24 bits per heavy atom. The van der Waals surface area contributed by atoms with Crippen molar-refractivity contribution in [3.8, 4) is 0 Å². The Morgan fingerprint density at radius 2 is 2.05 bits per heavy atom. The normalized spacial score (nSPS) is 11.1. The Balaban J connectivity index is 2.09. The number of rotatable bonds is 7. The van der Waals surface area contributed by atoms with Crippen LogP contribution in [0.2, 0.25) is 0 Å². The van der Waals surface area contributed by atoms with Crippen molar-refractivity contribution in [2.45, 2.75) is 46.8 Å². The van der Waals surface area contributed by atoms with Crippen LogP contribution in [0.1, 0.15) is 36.8 Å². The van der Waals surface area contributed by atoms with Crippen LogP contribution < -0.4 is 10.2 Å². The second kappa shape index (κ2) is 7.62. The molecular weight excluding hydrogens is 276 g/mol. The van der Waals surface area contributed by atoms with E-state index in [0.29, 0.717) is 6.04 Å². The Morgan fingerprint density at radius 3 is 2.62 bits per heavy atom. The van der Waals surface area contributed by atoms with Crippen molar-refractivity contribution in [1.82, 2.24) is 5.32 Å². The first-order valence-corrected chi connectivity index (χ1v) is 8.58. The van der Waals surface area contributed by atoms with E-state index in [1.807, 2.05) is 11.3 Å². The van der Waals surface area contributed by atoms with Crippen LogP contribution in [-0.4, -0.2) is 12.6 Å². The number of hydrogen-bond acceptors (Lipinski definition) is 3. The molecule has 0 unspecified atom stereocenters. The van der Waals surface area contributed by atoms with Crippen LogP contribution in [0.3, 0.4) is 0 Å². The lowest BCUT2D eigenvalue weighted by Gasteiger charge is -2.23. The first-order valence-electron chi connectivity index (χ1n) is 7.70. The number of thiophene rings is 1. The first-order chi connectivity index (χ1) is 10.1. The predicted molar refractivity (Wildman–Crippen MR) is 94.2 cm³/mol.